The van der Waals surface area contributed by atoms with Crippen LogP contribution in [0.25, 0.3) is 0 Å². The number of nitrogens with one attached hydrogen (secondary N) is 2. The first-order valence-corrected chi connectivity index (χ1v) is 8.82. The van der Waals surface area contributed by atoms with Crippen LogP contribution in [0.2, 0.25) is 0 Å². The zero-order valence-electron chi connectivity index (χ0n) is 15.0. The quantitative estimate of drug-likeness (QED) is 0.660. The minimum absolute atomic E-state index is 0.0130. The third-order valence-corrected chi connectivity index (χ3v) is 4.58. The lowest BCUT2D eigenvalue weighted by atomic mass is 9.83. The summed E-state index contributed by atoms with van der Waals surface area (Å²) in [6.45, 7) is 1.24. The van der Waals surface area contributed by atoms with E-state index in [0.29, 0.717) is 24.8 Å². The fourth-order valence-electron chi connectivity index (χ4n) is 3.33. The maximum Gasteiger partial charge on any atom is 0.326 e. The lowest BCUT2D eigenvalue weighted by Crippen LogP contribution is -2.54. The number of hydrogen-bond acceptors (Lipinski definition) is 4. The second kappa shape index (κ2) is 9.25. The number of ketones is 1. The average molecular weight is 378 g/mol. The highest BCUT2D eigenvalue weighted by Gasteiger charge is 2.35. The van der Waals surface area contributed by atoms with E-state index in [0.717, 1.165) is 0 Å². The summed E-state index contributed by atoms with van der Waals surface area (Å²) >= 11 is 0. The highest BCUT2D eigenvalue weighted by molar-refractivity contribution is 5.90. The van der Waals surface area contributed by atoms with Crippen LogP contribution in [0.1, 0.15) is 38.2 Å². The first-order valence-electron chi connectivity index (χ1n) is 8.82. The van der Waals surface area contributed by atoms with Crippen molar-refractivity contribution in [2.24, 2.45) is 5.92 Å². The van der Waals surface area contributed by atoms with Crippen molar-refractivity contribution in [3.05, 3.63) is 35.6 Å². The van der Waals surface area contributed by atoms with Crippen LogP contribution in [0.4, 0.5) is 4.39 Å². The second-order valence-corrected chi connectivity index (χ2v) is 6.81. The van der Waals surface area contributed by atoms with Gasteiger partial charge in [0.1, 0.15) is 23.7 Å². The van der Waals surface area contributed by atoms with Gasteiger partial charge in [0, 0.05) is 26.2 Å². The number of hydrogen-bond donors (Lipinski definition) is 3. The van der Waals surface area contributed by atoms with Crippen molar-refractivity contribution in [2.45, 2.75) is 51.1 Å². The van der Waals surface area contributed by atoms with E-state index in [-0.39, 0.29) is 18.6 Å². The Labute approximate surface area is 156 Å². The van der Waals surface area contributed by atoms with Gasteiger partial charge >= 0.3 is 5.97 Å². The summed E-state index contributed by atoms with van der Waals surface area (Å²) in [4.78, 5) is 47.4. The molecular weight excluding hydrogens is 355 g/mol. The largest absolute Gasteiger partial charge is 0.480 e. The summed E-state index contributed by atoms with van der Waals surface area (Å²) in [7, 11) is 0. The maximum absolute atomic E-state index is 13.4. The highest BCUT2D eigenvalue weighted by Crippen LogP contribution is 2.24. The molecule has 0 unspecified atom stereocenters. The molecule has 0 bridgehead atoms. The Balaban J connectivity index is 2.13. The molecule has 0 saturated heterocycles. The summed E-state index contributed by atoms with van der Waals surface area (Å²) in [6.07, 6.45) is 1.65. The molecule has 1 aliphatic rings. The minimum Gasteiger partial charge on any atom is -0.480 e. The van der Waals surface area contributed by atoms with Crippen LogP contribution in [0.15, 0.2) is 24.3 Å². The van der Waals surface area contributed by atoms with Gasteiger partial charge in [-0.25, -0.2) is 9.18 Å². The fourth-order valence-corrected chi connectivity index (χ4v) is 3.33. The Kier molecular flexibility index (Phi) is 7.04. The van der Waals surface area contributed by atoms with Gasteiger partial charge in [0.05, 0.1) is 0 Å². The monoisotopic (exact) mass is 378 g/mol. The van der Waals surface area contributed by atoms with E-state index in [4.69, 9.17) is 0 Å². The zero-order chi connectivity index (χ0) is 20.0. The Hall–Kier alpha value is -2.77. The van der Waals surface area contributed by atoms with E-state index >= 15 is 0 Å². The van der Waals surface area contributed by atoms with Crippen LogP contribution < -0.4 is 10.6 Å². The molecule has 0 aliphatic heterocycles. The molecule has 2 amide bonds. The van der Waals surface area contributed by atoms with Gasteiger partial charge in [0.2, 0.25) is 11.8 Å². The van der Waals surface area contributed by atoms with Gasteiger partial charge in [-0.05, 0) is 36.5 Å². The topological polar surface area (TPSA) is 113 Å². The molecule has 7 nitrogen and oxygen atoms in total. The molecule has 0 heterocycles. The summed E-state index contributed by atoms with van der Waals surface area (Å²) in [5.41, 5.74) is 0.489. The van der Waals surface area contributed by atoms with E-state index in [2.05, 4.69) is 10.6 Å². The Bertz CT molecular complexity index is 737. The summed E-state index contributed by atoms with van der Waals surface area (Å²) < 4.78 is 13.4. The SMILES string of the molecule is CC(=O)N[C@H](Cc1cccc(F)c1)C(=O)N[C@H](C(=O)O)[C@H]1CCCC(=O)C1. The van der Waals surface area contributed by atoms with Crippen molar-refractivity contribution in [2.75, 3.05) is 0 Å². The number of carboxylic acid groups (broad SMARTS) is 1. The molecule has 3 atom stereocenters. The molecule has 8 heteroatoms. The van der Waals surface area contributed by atoms with E-state index in [1.165, 1.54) is 25.1 Å². The molecule has 1 saturated carbocycles. The van der Waals surface area contributed by atoms with Gasteiger partial charge in [-0.15, -0.1) is 0 Å². The minimum atomic E-state index is -1.23. The molecule has 3 N–H and O–H groups in total. The molecule has 0 spiro atoms. The molecule has 1 aromatic rings. The Morgan fingerprint density at radius 2 is 2.04 bits per heavy atom. The van der Waals surface area contributed by atoms with Gasteiger partial charge in [0.15, 0.2) is 0 Å². The van der Waals surface area contributed by atoms with E-state index in [1.807, 2.05) is 0 Å². The number of amides is 2. The fraction of sp³-hybridized carbons (Fsp3) is 0.474. The summed E-state index contributed by atoms with van der Waals surface area (Å²) in [5, 5.41) is 14.4. The maximum atomic E-state index is 13.4. The number of carbonyl (C=O) groups excluding carboxylic acids is 3. The number of Topliss-reactive ketones (excluding diaryl/α,β-unsaturated/α-hetero) is 1. The van der Waals surface area contributed by atoms with Crippen molar-refractivity contribution < 1.29 is 28.7 Å². The third-order valence-electron chi connectivity index (χ3n) is 4.58. The lowest BCUT2D eigenvalue weighted by Gasteiger charge is -2.29. The van der Waals surface area contributed by atoms with Gasteiger partial charge in [-0.3, -0.25) is 14.4 Å². The first-order chi connectivity index (χ1) is 12.8. The highest BCUT2D eigenvalue weighted by atomic mass is 19.1. The van der Waals surface area contributed by atoms with Crippen molar-refractivity contribution >= 4 is 23.6 Å². The Morgan fingerprint density at radius 1 is 1.30 bits per heavy atom. The van der Waals surface area contributed by atoms with Gasteiger partial charge < -0.3 is 15.7 Å². The van der Waals surface area contributed by atoms with E-state index < -0.39 is 41.6 Å². The smallest absolute Gasteiger partial charge is 0.326 e. The van der Waals surface area contributed by atoms with Crippen molar-refractivity contribution in [3.8, 4) is 0 Å². The molecular formula is C19H23FN2O5. The predicted octanol–water partition coefficient (Wildman–Crippen LogP) is 1.20. The van der Waals surface area contributed by atoms with E-state index in [9.17, 15) is 28.7 Å². The average Bonchev–Trinajstić information content (AvgIpc) is 2.58. The van der Waals surface area contributed by atoms with Crippen molar-refractivity contribution in [1.82, 2.24) is 10.6 Å². The molecule has 1 fully saturated rings. The first kappa shape index (κ1) is 20.5. The van der Waals surface area contributed by atoms with Crippen LogP contribution in [-0.2, 0) is 25.6 Å². The molecule has 146 valence electrons. The van der Waals surface area contributed by atoms with Gasteiger partial charge in [0.25, 0.3) is 0 Å². The Morgan fingerprint density at radius 3 is 2.63 bits per heavy atom. The molecule has 0 aromatic heterocycles. The number of carbonyl (C=O) groups is 4. The second-order valence-electron chi connectivity index (χ2n) is 6.81. The number of rotatable bonds is 7. The van der Waals surface area contributed by atoms with Crippen LogP contribution in [0, 0.1) is 11.7 Å². The number of benzene rings is 1. The molecule has 0 radical (unpaired) electrons. The third kappa shape index (κ3) is 6.16. The van der Waals surface area contributed by atoms with Crippen molar-refractivity contribution in [1.29, 1.82) is 0 Å². The van der Waals surface area contributed by atoms with Crippen molar-refractivity contribution in [3.63, 3.8) is 0 Å². The summed E-state index contributed by atoms with van der Waals surface area (Å²) in [5.74, 6) is -3.36. The van der Waals surface area contributed by atoms with Crippen LogP contribution >= 0.6 is 0 Å². The standard InChI is InChI=1S/C19H23FN2O5/c1-11(23)21-16(9-12-4-2-6-14(20)8-12)18(25)22-17(19(26)27)13-5-3-7-15(24)10-13/h2,4,6,8,13,16-17H,3,5,7,9-10H2,1H3,(H,21,23)(H,22,25)(H,26,27)/t13-,16+,17-/m0/s1. The normalized spacial score (nSPS) is 19.0. The van der Waals surface area contributed by atoms with Gasteiger partial charge in [-0.2, -0.15) is 0 Å². The van der Waals surface area contributed by atoms with Crippen LogP contribution in [-0.4, -0.2) is 40.8 Å². The predicted molar refractivity (Wildman–Crippen MR) is 94.2 cm³/mol. The van der Waals surface area contributed by atoms with E-state index in [1.54, 1.807) is 6.07 Å². The number of carboxylic acids is 1. The lowest BCUT2D eigenvalue weighted by molar-refractivity contribution is -0.144. The molecule has 1 aliphatic carbocycles. The van der Waals surface area contributed by atoms with Gasteiger partial charge in [-0.1, -0.05) is 12.1 Å². The number of aliphatic carboxylic acids is 1. The van der Waals surface area contributed by atoms with Crippen LogP contribution in [0.3, 0.4) is 0 Å². The molecule has 1 aromatic carbocycles. The number of halogens is 1. The summed E-state index contributed by atoms with van der Waals surface area (Å²) in [6, 6.07) is 3.34. The van der Waals surface area contributed by atoms with Crippen LogP contribution in [0.5, 0.6) is 0 Å². The molecule has 27 heavy (non-hydrogen) atoms. The molecule has 2 rings (SSSR count). The zero-order valence-corrected chi connectivity index (χ0v) is 15.0.